The van der Waals surface area contributed by atoms with E-state index in [4.69, 9.17) is 4.74 Å². The molecule has 1 atom stereocenters. The van der Waals surface area contributed by atoms with E-state index in [1.165, 1.54) is 0 Å². The zero-order chi connectivity index (χ0) is 11.0. The molecule has 0 aliphatic carbocycles. The molecule has 0 saturated carbocycles. The molecule has 0 aromatic heterocycles. The average Bonchev–Trinajstić information content (AvgIpc) is 1.93. The Morgan fingerprint density at radius 1 is 1.21 bits per heavy atom. The maximum absolute atomic E-state index is 12.6. The molecule has 2 nitrogen and oxygen atoms in total. The normalized spacial score (nSPS) is 23.4. The van der Waals surface area contributed by atoms with Gasteiger partial charge < -0.3 is 9.47 Å². The minimum absolute atomic E-state index is 0.0647. The molecule has 1 saturated heterocycles. The van der Waals surface area contributed by atoms with Crippen molar-refractivity contribution in [2.45, 2.75) is 38.7 Å². The standard InChI is InChI=1S/C9H15F3O2/c1-6(2)7(3)14-8(4-13-5-8)9(10,11)12/h6-7H,4-5H2,1-3H3/t7-/m1/s1. The molecule has 1 fully saturated rings. The van der Waals surface area contributed by atoms with E-state index in [1.807, 2.05) is 13.8 Å². The van der Waals surface area contributed by atoms with Gasteiger partial charge in [0.15, 0.2) is 0 Å². The second kappa shape index (κ2) is 3.70. The Morgan fingerprint density at radius 3 is 1.93 bits per heavy atom. The topological polar surface area (TPSA) is 18.5 Å². The molecule has 0 aromatic carbocycles. The number of halogens is 3. The van der Waals surface area contributed by atoms with Crippen LogP contribution in [0.4, 0.5) is 13.2 Å². The molecule has 1 heterocycles. The smallest absolute Gasteiger partial charge is 0.375 e. The lowest BCUT2D eigenvalue weighted by molar-refractivity contribution is -0.362. The molecular formula is C9H15F3O2. The lowest BCUT2D eigenvalue weighted by atomic mass is 9.99. The van der Waals surface area contributed by atoms with E-state index in [-0.39, 0.29) is 19.1 Å². The molecule has 84 valence electrons. The molecule has 0 N–H and O–H groups in total. The highest BCUT2D eigenvalue weighted by Gasteiger charge is 2.62. The molecule has 0 amide bonds. The first kappa shape index (κ1) is 11.8. The molecule has 1 rings (SSSR count). The van der Waals surface area contributed by atoms with Crippen molar-refractivity contribution in [1.82, 2.24) is 0 Å². The molecule has 0 bridgehead atoms. The van der Waals surface area contributed by atoms with Crippen LogP contribution in [0.15, 0.2) is 0 Å². The molecule has 0 radical (unpaired) electrons. The van der Waals surface area contributed by atoms with Crippen LogP contribution in [0.25, 0.3) is 0 Å². The second-order valence-corrected chi connectivity index (χ2v) is 4.05. The van der Waals surface area contributed by atoms with Crippen molar-refractivity contribution in [3.05, 3.63) is 0 Å². The first-order valence-electron chi connectivity index (χ1n) is 4.61. The Morgan fingerprint density at radius 2 is 1.71 bits per heavy atom. The highest BCUT2D eigenvalue weighted by atomic mass is 19.4. The number of alkyl halides is 3. The summed E-state index contributed by atoms with van der Waals surface area (Å²) in [5, 5.41) is 0. The van der Waals surface area contributed by atoms with Gasteiger partial charge in [-0.25, -0.2) is 0 Å². The van der Waals surface area contributed by atoms with Crippen molar-refractivity contribution < 1.29 is 22.6 Å². The Bertz CT molecular complexity index is 197. The van der Waals surface area contributed by atoms with Crippen LogP contribution in [0, 0.1) is 5.92 Å². The molecule has 14 heavy (non-hydrogen) atoms. The van der Waals surface area contributed by atoms with Crippen molar-refractivity contribution in [3.63, 3.8) is 0 Å². The van der Waals surface area contributed by atoms with Gasteiger partial charge in [0.05, 0.1) is 19.3 Å². The predicted octanol–water partition coefficient (Wildman–Crippen LogP) is 2.38. The van der Waals surface area contributed by atoms with Crippen molar-refractivity contribution in [2.24, 2.45) is 5.92 Å². The fourth-order valence-electron chi connectivity index (χ4n) is 1.08. The molecule has 1 aliphatic heterocycles. The third-order valence-electron chi connectivity index (χ3n) is 2.54. The Kier molecular flexibility index (Phi) is 3.11. The lowest BCUT2D eigenvalue weighted by Gasteiger charge is -2.44. The monoisotopic (exact) mass is 212 g/mol. The maximum atomic E-state index is 12.6. The summed E-state index contributed by atoms with van der Waals surface area (Å²) in [5.41, 5.74) is -2.06. The van der Waals surface area contributed by atoms with Gasteiger partial charge in [-0.2, -0.15) is 13.2 Å². The summed E-state index contributed by atoms with van der Waals surface area (Å²) < 4.78 is 47.4. The molecule has 5 heteroatoms. The minimum Gasteiger partial charge on any atom is -0.375 e. The number of hydrogen-bond donors (Lipinski definition) is 0. The molecule has 0 spiro atoms. The third kappa shape index (κ3) is 2.03. The van der Waals surface area contributed by atoms with Crippen LogP contribution in [0.5, 0.6) is 0 Å². The van der Waals surface area contributed by atoms with E-state index in [0.717, 1.165) is 0 Å². The fraction of sp³-hybridized carbons (Fsp3) is 1.00. The molecule has 1 aliphatic rings. The zero-order valence-electron chi connectivity index (χ0n) is 8.52. The van der Waals surface area contributed by atoms with Crippen LogP contribution in [0.1, 0.15) is 20.8 Å². The van der Waals surface area contributed by atoms with Crippen LogP contribution in [0.2, 0.25) is 0 Å². The van der Waals surface area contributed by atoms with Gasteiger partial charge in [0.1, 0.15) is 0 Å². The summed E-state index contributed by atoms with van der Waals surface area (Å²) in [6.07, 6.45) is -4.76. The van der Waals surface area contributed by atoms with Gasteiger partial charge in [0.25, 0.3) is 0 Å². The van der Waals surface area contributed by atoms with E-state index in [2.05, 4.69) is 4.74 Å². The quantitative estimate of drug-likeness (QED) is 0.715. The predicted molar refractivity (Wildman–Crippen MR) is 45.0 cm³/mol. The highest BCUT2D eigenvalue weighted by molar-refractivity contribution is 4.95. The third-order valence-corrected chi connectivity index (χ3v) is 2.54. The van der Waals surface area contributed by atoms with E-state index >= 15 is 0 Å². The van der Waals surface area contributed by atoms with Crippen LogP contribution >= 0.6 is 0 Å². The minimum atomic E-state index is -4.34. The SMILES string of the molecule is CC(C)[C@@H](C)OC1(C(F)(F)F)COC1. The summed E-state index contributed by atoms with van der Waals surface area (Å²) in [4.78, 5) is 0. The van der Waals surface area contributed by atoms with E-state index in [9.17, 15) is 13.2 Å². The largest absolute Gasteiger partial charge is 0.422 e. The first-order valence-corrected chi connectivity index (χ1v) is 4.61. The van der Waals surface area contributed by atoms with Gasteiger partial charge >= 0.3 is 6.18 Å². The van der Waals surface area contributed by atoms with E-state index in [0.29, 0.717) is 0 Å². The van der Waals surface area contributed by atoms with Gasteiger partial charge in [-0.15, -0.1) is 0 Å². The zero-order valence-corrected chi connectivity index (χ0v) is 8.52. The second-order valence-electron chi connectivity index (χ2n) is 4.05. The Hall–Kier alpha value is -0.290. The van der Waals surface area contributed by atoms with Gasteiger partial charge in [-0.05, 0) is 12.8 Å². The number of rotatable bonds is 3. The van der Waals surface area contributed by atoms with Crippen molar-refractivity contribution in [3.8, 4) is 0 Å². The fourth-order valence-corrected chi connectivity index (χ4v) is 1.08. The van der Waals surface area contributed by atoms with Crippen LogP contribution in [-0.4, -0.2) is 31.1 Å². The van der Waals surface area contributed by atoms with Crippen molar-refractivity contribution in [1.29, 1.82) is 0 Å². The van der Waals surface area contributed by atoms with Crippen LogP contribution in [-0.2, 0) is 9.47 Å². The van der Waals surface area contributed by atoms with Crippen LogP contribution < -0.4 is 0 Å². The number of ether oxygens (including phenoxy) is 2. The summed E-state index contributed by atoms with van der Waals surface area (Å²) >= 11 is 0. The van der Waals surface area contributed by atoms with Gasteiger partial charge in [-0.3, -0.25) is 0 Å². The van der Waals surface area contributed by atoms with Crippen molar-refractivity contribution in [2.75, 3.05) is 13.2 Å². The molecule has 0 aromatic rings. The first-order chi connectivity index (χ1) is 6.28. The molecular weight excluding hydrogens is 197 g/mol. The van der Waals surface area contributed by atoms with E-state index in [1.54, 1.807) is 6.92 Å². The number of hydrogen-bond acceptors (Lipinski definition) is 2. The maximum Gasteiger partial charge on any atom is 0.422 e. The van der Waals surface area contributed by atoms with Crippen molar-refractivity contribution >= 4 is 0 Å². The molecule has 0 unspecified atom stereocenters. The Balaban J connectivity index is 2.63. The summed E-state index contributed by atoms with van der Waals surface area (Å²) in [5.74, 6) is 0.0647. The summed E-state index contributed by atoms with van der Waals surface area (Å²) in [6, 6.07) is 0. The summed E-state index contributed by atoms with van der Waals surface area (Å²) in [6.45, 7) is 4.54. The lowest BCUT2D eigenvalue weighted by Crippen LogP contribution is -2.63. The highest BCUT2D eigenvalue weighted by Crippen LogP contribution is 2.40. The van der Waals surface area contributed by atoms with Gasteiger partial charge in [0, 0.05) is 0 Å². The van der Waals surface area contributed by atoms with Gasteiger partial charge in [0.2, 0.25) is 5.60 Å². The summed E-state index contributed by atoms with van der Waals surface area (Å²) in [7, 11) is 0. The van der Waals surface area contributed by atoms with Crippen LogP contribution in [0.3, 0.4) is 0 Å². The van der Waals surface area contributed by atoms with E-state index < -0.39 is 17.9 Å². The van der Waals surface area contributed by atoms with Gasteiger partial charge in [-0.1, -0.05) is 13.8 Å². The average molecular weight is 212 g/mol. The Labute approximate surface area is 81.4 Å².